The zero-order valence-electron chi connectivity index (χ0n) is 13.4. The van der Waals surface area contributed by atoms with E-state index in [1.54, 1.807) is 6.20 Å². The second-order valence-electron chi connectivity index (χ2n) is 5.47. The molecule has 0 unspecified atom stereocenters. The maximum atomic E-state index is 5.83. The molecule has 0 bridgehead atoms. The first-order valence-corrected chi connectivity index (χ1v) is 7.43. The molecule has 0 radical (unpaired) electrons. The third-order valence-corrected chi connectivity index (χ3v) is 3.37. The molecule has 0 amide bonds. The zero-order chi connectivity index (χ0) is 16.2. The number of benzene rings is 2. The van der Waals surface area contributed by atoms with Crippen molar-refractivity contribution in [1.82, 2.24) is 9.97 Å². The fourth-order valence-electron chi connectivity index (χ4n) is 1.99. The molecule has 3 aromatic rings. The molecule has 0 spiro atoms. The van der Waals surface area contributed by atoms with Crippen LogP contribution in [0.3, 0.4) is 0 Å². The predicted molar refractivity (Wildman–Crippen MR) is 89.3 cm³/mol. The van der Waals surface area contributed by atoms with E-state index >= 15 is 0 Å². The van der Waals surface area contributed by atoms with Crippen LogP contribution in [-0.4, -0.2) is 9.97 Å². The SMILES string of the molecule is Cc1ccc(Oc2ncc(C)c(Oc3ccc(C)cc3)n2)cc1. The Labute approximate surface area is 135 Å². The lowest BCUT2D eigenvalue weighted by molar-refractivity contribution is 0.409. The topological polar surface area (TPSA) is 44.2 Å². The lowest BCUT2D eigenvalue weighted by atomic mass is 10.2. The molecular formula is C19H18N2O2. The molecule has 1 heterocycles. The molecule has 0 N–H and O–H groups in total. The van der Waals surface area contributed by atoms with Crippen LogP contribution < -0.4 is 9.47 Å². The summed E-state index contributed by atoms with van der Waals surface area (Å²) in [7, 11) is 0. The molecule has 4 nitrogen and oxygen atoms in total. The summed E-state index contributed by atoms with van der Waals surface area (Å²) in [5.41, 5.74) is 3.20. The fraction of sp³-hybridized carbons (Fsp3) is 0.158. The maximum absolute atomic E-state index is 5.83. The van der Waals surface area contributed by atoms with E-state index in [1.165, 1.54) is 11.1 Å². The Morgan fingerprint density at radius 1 is 0.696 bits per heavy atom. The van der Waals surface area contributed by atoms with E-state index in [0.29, 0.717) is 11.6 Å². The average molecular weight is 306 g/mol. The van der Waals surface area contributed by atoms with Crippen LogP contribution >= 0.6 is 0 Å². The van der Waals surface area contributed by atoms with Crippen LogP contribution in [-0.2, 0) is 0 Å². The van der Waals surface area contributed by atoms with E-state index in [0.717, 1.165) is 11.3 Å². The standard InChI is InChI=1S/C19H18N2O2/c1-13-4-8-16(9-5-13)22-18-15(3)12-20-19(21-18)23-17-10-6-14(2)7-11-17/h4-12H,1-3H3. The van der Waals surface area contributed by atoms with Crippen LogP contribution in [0.4, 0.5) is 0 Å². The number of hydrogen-bond donors (Lipinski definition) is 0. The van der Waals surface area contributed by atoms with Gasteiger partial charge in [-0.3, -0.25) is 0 Å². The molecule has 1 aromatic heterocycles. The highest BCUT2D eigenvalue weighted by atomic mass is 16.5. The van der Waals surface area contributed by atoms with Crippen molar-refractivity contribution in [2.24, 2.45) is 0 Å². The number of rotatable bonds is 4. The molecule has 23 heavy (non-hydrogen) atoms. The van der Waals surface area contributed by atoms with Crippen LogP contribution in [0.2, 0.25) is 0 Å². The van der Waals surface area contributed by atoms with Crippen molar-refractivity contribution in [3.05, 3.63) is 71.4 Å². The van der Waals surface area contributed by atoms with E-state index in [4.69, 9.17) is 9.47 Å². The van der Waals surface area contributed by atoms with Gasteiger partial charge >= 0.3 is 6.01 Å². The Bertz CT molecular complexity index is 797. The second kappa shape index (κ2) is 6.48. The highest BCUT2D eigenvalue weighted by Crippen LogP contribution is 2.26. The summed E-state index contributed by atoms with van der Waals surface area (Å²) in [5.74, 6) is 1.92. The Hall–Kier alpha value is -2.88. The van der Waals surface area contributed by atoms with E-state index < -0.39 is 0 Å². The van der Waals surface area contributed by atoms with Gasteiger partial charge in [-0.2, -0.15) is 4.98 Å². The maximum Gasteiger partial charge on any atom is 0.325 e. The second-order valence-corrected chi connectivity index (χ2v) is 5.47. The third-order valence-electron chi connectivity index (χ3n) is 3.37. The van der Waals surface area contributed by atoms with E-state index in [9.17, 15) is 0 Å². The van der Waals surface area contributed by atoms with Gasteiger partial charge in [0.25, 0.3) is 0 Å². The molecule has 0 atom stereocenters. The summed E-state index contributed by atoms with van der Waals surface area (Å²) in [5, 5.41) is 0. The first-order valence-electron chi connectivity index (χ1n) is 7.43. The fourth-order valence-corrected chi connectivity index (χ4v) is 1.99. The summed E-state index contributed by atoms with van der Waals surface area (Å²) in [4.78, 5) is 8.55. The summed E-state index contributed by atoms with van der Waals surface area (Å²) < 4.78 is 11.5. The summed E-state index contributed by atoms with van der Waals surface area (Å²) in [6.45, 7) is 5.96. The molecule has 0 aliphatic rings. The van der Waals surface area contributed by atoms with Crippen LogP contribution in [0.15, 0.2) is 54.7 Å². The molecule has 0 aliphatic carbocycles. The number of ether oxygens (including phenoxy) is 2. The van der Waals surface area contributed by atoms with Gasteiger partial charge in [-0.25, -0.2) is 4.98 Å². The van der Waals surface area contributed by atoms with Gasteiger partial charge < -0.3 is 9.47 Å². The minimum Gasteiger partial charge on any atom is -0.439 e. The lowest BCUT2D eigenvalue weighted by Gasteiger charge is -2.09. The normalized spacial score (nSPS) is 10.4. The van der Waals surface area contributed by atoms with Gasteiger partial charge in [0.15, 0.2) is 0 Å². The Balaban J connectivity index is 1.81. The van der Waals surface area contributed by atoms with Crippen LogP contribution in [0.25, 0.3) is 0 Å². The first kappa shape index (κ1) is 15.0. The molecule has 116 valence electrons. The molecular weight excluding hydrogens is 288 g/mol. The largest absolute Gasteiger partial charge is 0.439 e. The Morgan fingerprint density at radius 3 is 1.78 bits per heavy atom. The molecule has 0 saturated carbocycles. The van der Waals surface area contributed by atoms with Gasteiger partial charge in [0, 0.05) is 11.8 Å². The average Bonchev–Trinajstić information content (AvgIpc) is 2.55. The summed E-state index contributed by atoms with van der Waals surface area (Å²) >= 11 is 0. The number of aromatic nitrogens is 2. The molecule has 0 fully saturated rings. The molecule has 2 aromatic carbocycles. The quantitative estimate of drug-likeness (QED) is 0.681. The highest BCUT2D eigenvalue weighted by Gasteiger charge is 2.08. The van der Waals surface area contributed by atoms with Crippen LogP contribution in [0.5, 0.6) is 23.4 Å². The number of aryl methyl sites for hydroxylation is 3. The first-order chi connectivity index (χ1) is 11.1. The number of nitrogens with zero attached hydrogens (tertiary/aromatic N) is 2. The minimum atomic E-state index is 0.265. The molecule has 0 aliphatic heterocycles. The van der Waals surface area contributed by atoms with Crippen molar-refractivity contribution >= 4 is 0 Å². The molecule has 4 heteroatoms. The van der Waals surface area contributed by atoms with Crippen molar-refractivity contribution in [2.45, 2.75) is 20.8 Å². The van der Waals surface area contributed by atoms with Gasteiger partial charge in [0.1, 0.15) is 11.5 Å². The van der Waals surface area contributed by atoms with Gasteiger partial charge in [-0.1, -0.05) is 35.4 Å². The van der Waals surface area contributed by atoms with Crippen LogP contribution in [0, 0.1) is 20.8 Å². The van der Waals surface area contributed by atoms with Crippen molar-refractivity contribution in [2.75, 3.05) is 0 Å². The smallest absolute Gasteiger partial charge is 0.325 e. The van der Waals surface area contributed by atoms with E-state index in [2.05, 4.69) is 9.97 Å². The number of hydrogen-bond acceptors (Lipinski definition) is 4. The van der Waals surface area contributed by atoms with Gasteiger partial charge in [0.05, 0.1) is 0 Å². The predicted octanol–water partition coefficient (Wildman–Crippen LogP) is 4.99. The van der Waals surface area contributed by atoms with Crippen LogP contribution in [0.1, 0.15) is 16.7 Å². The van der Waals surface area contributed by atoms with Crippen molar-refractivity contribution in [3.8, 4) is 23.4 Å². The van der Waals surface area contributed by atoms with E-state index in [1.807, 2.05) is 69.3 Å². The zero-order valence-corrected chi connectivity index (χ0v) is 13.4. The van der Waals surface area contributed by atoms with Gasteiger partial charge in [0.2, 0.25) is 5.88 Å². The van der Waals surface area contributed by atoms with E-state index in [-0.39, 0.29) is 6.01 Å². The summed E-state index contributed by atoms with van der Waals surface area (Å²) in [6.07, 6.45) is 1.69. The third kappa shape index (κ3) is 3.86. The molecule has 3 rings (SSSR count). The minimum absolute atomic E-state index is 0.265. The summed E-state index contributed by atoms with van der Waals surface area (Å²) in [6, 6.07) is 15.8. The van der Waals surface area contributed by atoms with Gasteiger partial charge in [-0.05, 0) is 45.0 Å². The van der Waals surface area contributed by atoms with Crippen molar-refractivity contribution in [1.29, 1.82) is 0 Å². The van der Waals surface area contributed by atoms with Gasteiger partial charge in [-0.15, -0.1) is 0 Å². The highest BCUT2D eigenvalue weighted by molar-refractivity contribution is 5.34. The van der Waals surface area contributed by atoms with Crippen molar-refractivity contribution in [3.63, 3.8) is 0 Å². The van der Waals surface area contributed by atoms with Crippen molar-refractivity contribution < 1.29 is 9.47 Å². The Morgan fingerprint density at radius 2 is 1.22 bits per heavy atom. The lowest BCUT2D eigenvalue weighted by Crippen LogP contribution is -1.97. The monoisotopic (exact) mass is 306 g/mol. The molecule has 0 saturated heterocycles. The Kier molecular flexibility index (Phi) is 4.24.